The third kappa shape index (κ3) is 3.19. The summed E-state index contributed by atoms with van der Waals surface area (Å²) in [6, 6.07) is 1.20. The van der Waals surface area contributed by atoms with Crippen LogP contribution in [0.25, 0.3) is 0 Å². The predicted octanol–water partition coefficient (Wildman–Crippen LogP) is 2.58. The molecule has 1 aromatic heterocycles. The summed E-state index contributed by atoms with van der Waals surface area (Å²) in [6.45, 7) is 0. The first-order chi connectivity index (χ1) is 7.34. The Labute approximate surface area is 97.8 Å². The van der Waals surface area contributed by atoms with Crippen LogP contribution in [0, 0.1) is 0 Å². The van der Waals surface area contributed by atoms with Crippen molar-refractivity contribution in [2.45, 2.75) is 12.6 Å². The Hall–Kier alpha value is -1.11. The van der Waals surface area contributed by atoms with Gasteiger partial charge in [-0.25, -0.2) is 0 Å². The van der Waals surface area contributed by atoms with Gasteiger partial charge in [0.25, 0.3) is 0 Å². The van der Waals surface area contributed by atoms with Crippen LogP contribution in [-0.4, -0.2) is 18.1 Å². The van der Waals surface area contributed by atoms with Gasteiger partial charge in [-0.1, -0.05) is 0 Å². The summed E-state index contributed by atoms with van der Waals surface area (Å²) >= 11 is 2.76. The van der Waals surface area contributed by atoms with Crippen LogP contribution in [0.15, 0.2) is 16.7 Å². The first kappa shape index (κ1) is 13.0. The van der Waals surface area contributed by atoms with Crippen molar-refractivity contribution in [1.29, 1.82) is 0 Å². The largest absolute Gasteiger partial charge is 0.469 e. The average Bonchev–Trinajstić information content (AvgIpc) is 2.15. The van der Waals surface area contributed by atoms with Crippen LogP contribution < -0.4 is 0 Å². The molecule has 0 aromatic carbocycles. The molecule has 0 radical (unpaired) electrons. The van der Waals surface area contributed by atoms with E-state index in [1.165, 1.54) is 13.2 Å². The molecule has 0 aliphatic rings. The highest BCUT2D eigenvalue weighted by molar-refractivity contribution is 9.10. The summed E-state index contributed by atoms with van der Waals surface area (Å²) in [4.78, 5) is 14.1. The van der Waals surface area contributed by atoms with Crippen LogP contribution in [0.3, 0.4) is 0 Å². The number of aromatic nitrogens is 1. The molecule has 0 unspecified atom stereocenters. The monoisotopic (exact) mass is 297 g/mol. The number of rotatable bonds is 2. The molecular weight excluding hydrogens is 291 g/mol. The zero-order valence-electron chi connectivity index (χ0n) is 8.14. The SMILES string of the molecule is COC(=O)Cc1cnc(C(F)(F)F)c(Br)c1. The Morgan fingerprint density at radius 3 is 2.62 bits per heavy atom. The maximum absolute atomic E-state index is 12.3. The van der Waals surface area contributed by atoms with E-state index in [9.17, 15) is 18.0 Å². The number of hydrogen-bond acceptors (Lipinski definition) is 3. The van der Waals surface area contributed by atoms with Crippen molar-refractivity contribution in [3.8, 4) is 0 Å². The first-order valence-corrected chi connectivity index (χ1v) is 4.92. The number of ether oxygens (including phenoxy) is 1. The highest BCUT2D eigenvalue weighted by Crippen LogP contribution is 2.33. The van der Waals surface area contributed by atoms with Crippen molar-refractivity contribution >= 4 is 21.9 Å². The number of esters is 1. The summed E-state index contributed by atoms with van der Waals surface area (Å²) in [5.41, 5.74) is -0.659. The number of methoxy groups -OCH3 is 1. The van der Waals surface area contributed by atoms with Gasteiger partial charge >= 0.3 is 12.1 Å². The van der Waals surface area contributed by atoms with Crippen molar-refractivity contribution < 1.29 is 22.7 Å². The Balaban J connectivity index is 2.96. The lowest BCUT2D eigenvalue weighted by Gasteiger charge is -2.08. The van der Waals surface area contributed by atoms with Gasteiger partial charge in [-0.15, -0.1) is 0 Å². The minimum Gasteiger partial charge on any atom is -0.469 e. The molecule has 0 aliphatic carbocycles. The molecule has 0 atom stereocenters. The fraction of sp³-hybridized carbons (Fsp3) is 0.333. The number of carbonyl (C=O) groups excluding carboxylic acids is 1. The number of carbonyl (C=O) groups is 1. The zero-order chi connectivity index (χ0) is 12.3. The summed E-state index contributed by atoms with van der Waals surface area (Å²) in [5.74, 6) is -0.534. The molecule has 0 amide bonds. The number of hydrogen-bond donors (Lipinski definition) is 0. The summed E-state index contributed by atoms with van der Waals surface area (Å²) in [6.07, 6.45) is -3.62. The van der Waals surface area contributed by atoms with E-state index in [2.05, 4.69) is 25.7 Å². The maximum Gasteiger partial charge on any atom is 0.434 e. The average molecular weight is 298 g/mol. The van der Waals surface area contributed by atoms with E-state index in [0.717, 1.165) is 6.20 Å². The first-order valence-electron chi connectivity index (χ1n) is 4.13. The second-order valence-corrected chi connectivity index (χ2v) is 3.78. The molecule has 1 rings (SSSR count). The summed E-state index contributed by atoms with van der Waals surface area (Å²) in [7, 11) is 1.20. The van der Waals surface area contributed by atoms with E-state index in [4.69, 9.17) is 0 Å². The van der Waals surface area contributed by atoms with Crippen LogP contribution >= 0.6 is 15.9 Å². The lowest BCUT2D eigenvalue weighted by molar-refractivity contribution is -0.141. The van der Waals surface area contributed by atoms with Gasteiger partial charge in [0.2, 0.25) is 0 Å². The van der Waals surface area contributed by atoms with E-state index in [1.807, 2.05) is 0 Å². The van der Waals surface area contributed by atoms with Crippen LogP contribution in [0.4, 0.5) is 13.2 Å². The molecule has 0 fully saturated rings. The molecule has 7 heteroatoms. The van der Waals surface area contributed by atoms with Gasteiger partial charge in [0.15, 0.2) is 5.69 Å². The van der Waals surface area contributed by atoms with Gasteiger partial charge in [0.05, 0.1) is 13.5 Å². The molecule has 16 heavy (non-hydrogen) atoms. The van der Waals surface area contributed by atoms with Gasteiger partial charge in [0, 0.05) is 10.7 Å². The van der Waals surface area contributed by atoms with Gasteiger partial charge < -0.3 is 4.74 Å². The van der Waals surface area contributed by atoms with Crippen molar-refractivity contribution in [2.75, 3.05) is 7.11 Å². The van der Waals surface area contributed by atoms with Crippen molar-refractivity contribution in [3.63, 3.8) is 0 Å². The molecule has 0 spiro atoms. The number of halogens is 4. The molecule has 3 nitrogen and oxygen atoms in total. The number of pyridine rings is 1. The van der Waals surface area contributed by atoms with Gasteiger partial charge in [-0.3, -0.25) is 9.78 Å². The van der Waals surface area contributed by atoms with Gasteiger partial charge in [-0.2, -0.15) is 13.2 Å². The third-order valence-electron chi connectivity index (χ3n) is 1.74. The molecule has 0 N–H and O–H groups in total. The van der Waals surface area contributed by atoms with Crippen LogP contribution in [0.1, 0.15) is 11.3 Å². The van der Waals surface area contributed by atoms with Crippen LogP contribution in [0.5, 0.6) is 0 Å². The highest BCUT2D eigenvalue weighted by Gasteiger charge is 2.34. The van der Waals surface area contributed by atoms with Crippen molar-refractivity contribution in [2.24, 2.45) is 0 Å². The number of nitrogens with zero attached hydrogens (tertiary/aromatic N) is 1. The Morgan fingerprint density at radius 2 is 2.19 bits per heavy atom. The predicted molar refractivity (Wildman–Crippen MR) is 52.7 cm³/mol. The third-order valence-corrected chi connectivity index (χ3v) is 2.35. The molecule has 0 saturated heterocycles. The van der Waals surface area contributed by atoms with E-state index in [1.54, 1.807) is 0 Å². The molecule has 88 valence electrons. The quantitative estimate of drug-likeness (QED) is 0.788. The zero-order valence-corrected chi connectivity index (χ0v) is 9.72. The molecule has 1 aromatic rings. The van der Waals surface area contributed by atoms with Crippen molar-refractivity contribution in [1.82, 2.24) is 4.98 Å². The van der Waals surface area contributed by atoms with Crippen LogP contribution in [-0.2, 0) is 22.1 Å². The fourth-order valence-corrected chi connectivity index (χ4v) is 1.64. The minimum atomic E-state index is -4.51. The van der Waals surface area contributed by atoms with E-state index >= 15 is 0 Å². The second kappa shape index (κ2) is 4.82. The minimum absolute atomic E-state index is 0.111. The summed E-state index contributed by atoms with van der Waals surface area (Å²) in [5, 5.41) is 0. The van der Waals surface area contributed by atoms with Gasteiger partial charge in [0.1, 0.15) is 0 Å². The van der Waals surface area contributed by atoms with E-state index in [0.29, 0.717) is 5.56 Å². The smallest absolute Gasteiger partial charge is 0.434 e. The summed E-state index contributed by atoms with van der Waals surface area (Å²) < 4.78 is 41.2. The lowest BCUT2D eigenvalue weighted by Crippen LogP contribution is -2.11. The Kier molecular flexibility index (Phi) is 3.90. The topological polar surface area (TPSA) is 39.2 Å². The van der Waals surface area contributed by atoms with E-state index < -0.39 is 17.8 Å². The lowest BCUT2D eigenvalue weighted by atomic mass is 10.2. The Morgan fingerprint density at radius 1 is 1.56 bits per heavy atom. The molecular formula is C9H7BrF3NO2. The normalized spacial score (nSPS) is 11.3. The molecule has 0 aliphatic heterocycles. The second-order valence-electron chi connectivity index (χ2n) is 2.92. The van der Waals surface area contributed by atoms with Crippen LogP contribution in [0.2, 0.25) is 0 Å². The maximum atomic E-state index is 12.3. The van der Waals surface area contributed by atoms with E-state index in [-0.39, 0.29) is 10.9 Å². The molecule has 0 bridgehead atoms. The number of alkyl halides is 3. The van der Waals surface area contributed by atoms with Crippen molar-refractivity contribution in [3.05, 3.63) is 28.0 Å². The fourth-order valence-electron chi connectivity index (χ4n) is 1.02. The molecule has 1 heterocycles. The Bertz CT molecular complexity index is 406. The molecule has 0 saturated carbocycles. The highest BCUT2D eigenvalue weighted by atomic mass is 79.9. The standard InChI is InChI=1S/C9H7BrF3NO2/c1-16-7(15)3-5-2-6(10)8(14-4-5)9(11,12)13/h2,4H,3H2,1H3. The van der Waals surface area contributed by atoms with Gasteiger partial charge in [-0.05, 0) is 27.6 Å².